The summed E-state index contributed by atoms with van der Waals surface area (Å²) in [6.07, 6.45) is 3.87. The molecule has 0 radical (unpaired) electrons. The first-order valence-electron chi connectivity index (χ1n) is 8.73. The zero-order chi connectivity index (χ0) is 17.9. The van der Waals surface area contributed by atoms with Crippen LogP contribution in [0.5, 0.6) is 0 Å². The van der Waals surface area contributed by atoms with Crippen LogP contribution in [0.15, 0.2) is 36.5 Å². The maximum Gasteiger partial charge on any atom is 0.253 e. The van der Waals surface area contributed by atoms with Gasteiger partial charge in [0.25, 0.3) is 5.91 Å². The summed E-state index contributed by atoms with van der Waals surface area (Å²) in [4.78, 5) is 16.7. The summed E-state index contributed by atoms with van der Waals surface area (Å²) in [5.74, 6) is 0.0327. The predicted molar refractivity (Wildman–Crippen MR) is 97.3 cm³/mol. The van der Waals surface area contributed by atoms with E-state index in [4.69, 9.17) is 0 Å². The van der Waals surface area contributed by atoms with Crippen LogP contribution in [0.25, 0.3) is 11.3 Å². The van der Waals surface area contributed by atoms with Gasteiger partial charge in [0.15, 0.2) is 0 Å². The Morgan fingerprint density at radius 3 is 2.64 bits per heavy atom. The molecule has 1 aromatic heterocycles. The molecule has 2 N–H and O–H groups in total. The summed E-state index contributed by atoms with van der Waals surface area (Å²) in [6, 6.07) is 9.48. The van der Waals surface area contributed by atoms with E-state index in [0.717, 1.165) is 24.1 Å². The zero-order valence-electron chi connectivity index (χ0n) is 14.9. The molecule has 1 unspecified atom stereocenters. The largest absolute Gasteiger partial charge is 0.388 e. The molecule has 1 atom stereocenters. The number of aromatic amines is 1. The van der Waals surface area contributed by atoms with Gasteiger partial charge in [-0.15, -0.1) is 0 Å². The van der Waals surface area contributed by atoms with Crippen LogP contribution in [0.4, 0.5) is 0 Å². The number of aliphatic hydroxyl groups is 1. The van der Waals surface area contributed by atoms with Crippen LogP contribution < -0.4 is 0 Å². The van der Waals surface area contributed by atoms with E-state index in [2.05, 4.69) is 10.2 Å². The minimum Gasteiger partial charge on any atom is -0.388 e. The Kier molecular flexibility index (Phi) is 5.20. The van der Waals surface area contributed by atoms with Crippen molar-refractivity contribution in [2.75, 3.05) is 33.7 Å². The third kappa shape index (κ3) is 4.27. The third-order valence-corrected chi connectivity index (χ3v) is 4.76. The van der Waals surface area contributed by atoms with Crippen LogP contribution in [0.2, 0.25) is 0 Å². The highest BCUT2D eigenvalue weighted by Crippen LogP contribution is 2.24. The quantitative estimate of drug-likeness (QED) is 0.891. The lowest BCUT2D eigenvalue weighted by atomic mass is 9.94. The number of rotatable bonds is 4. The fourth-order valence-corrected chi connectivity index (χ4v) is 3.52. The van der Waals surface area contributed by atoms with Gasteiger partial charge in [-0.25, -0.2) is 0 Å². The first kappa shape index (κ1) is 17.6. The number of hydrogen-bond acceptors (Lipinski definition) is 4. The second-order valence-corrected chi connectivity index (χ2v) is 7.16. The number of likely N-dealkylation sites (N-methyl/N-ethyl adjacent to an activating group) is 1. The van der Waals surface area contributed by atoms with Crippen LogP contribution >= 0.6 is 0 Å². The maximum absolute atomic E-state index is 12.8. The summed E-state index contributed by atoms with van der Waals surface area (Å²) in [7, 11) is 3.93. The number of nitrogens with zero attached hydrogens (tertiary/aromatic N) is 3. The standard InChI is InChI=1S/C19H26N4O2/c1-22(2)14-19(25)9-3-12-23(13-10-19)18(24)16-6-4-15(5-7-16)17-8-11-20-21-17/h4-8,11,25H,3,9-10,12-14H2,1-2H3,(H,20,21). The summed E-state index contributed by atoms with van der Waals surface area (Å²) in [6.45, 7) is 1.91. The van der Waals surface area contributed by atoms with E-state index >= 15 is 0 Å². The number of H-pyrrole nitrogens is 1. The fraction of sp³-hybridized carbons (Fsp3) is 0.474. The van der Waals surface area contributed by atoms with Gasteiger partial charge in [-0.2, -0.15) is 5.10 Å². The minimum atomic E-state index is -0.705. The number of carbonyl (C=O) groups is 1. The molecule has 3 rings (SSSR count). The van der Waals surface area contributed by atoms with Gasteiger partial charge >= 0.3 is 0 Å². The highest BCUT2D eigenvalue weighted by molar-refractivity contribution is 5.94. The number of nitrogens with one attached hydrogen (secondary N) is 1. The van der Waals surface area contributed by atoms with Gasteiger partial charge < -0.3 is 14.9 Å². The van der Waals surface area contributed by atoms with Crippen LogP contribution in [0.3, 0.4) is 0 Å². The van der Waals surface area contributed by atoms with Gasteiger partial charge in [-0.05, 0) is 57.1 Å². The number of likely N-dealkylation sites (tertiary alicyclic amines) is 1. The molecule has 1 aliphatic heterocycles. The van der Waals surface area contributed by atoms with Crippen molar-refractivity contribution in [1.29, 1.82) is 0 Å². The molecule has 0 aliphatic carbocycles. The van der Waals surface area contributed by atoms with Crippen molar-refractivity contribution in [2.45, 2.75) is 24.9 Å². The van der Waals surface area contributed by atoms with E-state index in [0.29, 0.717) is 31.6 Å². The van der Waals surface area contributed by atoms with Gasteiger partial charge in [0.2, 0.25) is 0 Å². The lowest BCUT2D eigenvalue weighted by Gasteiger charge is -2.30. The molecule has 0 spiro atoms. The Hall–Kier alpha value is -2.18. The molecule has 0 saturated carbocycles. The average Bonchev–Trinajstić information content (AvgIpc) is 3.05. The van der Waals surface area contributed by atoms with E-state index < -0.39 is 5.60 Å². The van der Waals surface area contributed by atoms with Crippen LogP contribution in [0.1, 0.15) is 29.6 Å². The molecule has 1 amide bonds. The molecule has 25 heavy (non-hydrogen) atoms. The molecule has 1 aliphatic rings. The fourth-order valence-electron chi connectivity index (χ4n) is 3.52. The smallest absolute Gasteiger partial charge is 0.253 e. The topological polar surface area (TPSA) is 72.5 Å². The van der Waals surface area contributed by atoms with Gasteiger partial charge in [-0.1, -0.05) is 12.1 Å². The molecule has 0 bridgehead atoms. The summed E-state index contributed by atoms with van der Waals surface area (Å²) in [5.41, 5.74) is 1.91. The number of benzene rings is 1. The Bertz CT molecular complexity index is 697. The molecule has 1 aromatic carbocycles. The Morgan fingerprint density at radius 1 is 1.24 bits per heavy atom. The van der Waals surface area contributed by atoms with Crippen molar-refractivity contribution < 1.29 is 9.90 Å². The molecule has 2 aromatic rings. The van der Waals surface area contributed by atoms with Crippen molar-refractivity contribution in [2.24, 2.45) is 0 Å². The van der Waals surface area contributed by atoms with Gasteiger partial charge in [0.05, 0.1) is 11.3 Å². The van der Waals surface area contributed by atoms with E-state index in [-0.39, 0.29) is 5.91 Å². The molecule has 6 nitrogen and oxygen atoms in total. The monoisotopic (exact) mass is 342 g/mol. The van der Waals surface area contributed by atoms with Crippen LogP contribution in [0, 0.1) is 0 Å². The lowest BCUT2D eigenvalue weighted by molar-refractivity contribution is 0.00305. The number of amides is 1. The maximum atomic E-state index is 12.8. The zero-order valence-corrected chi connectivity index (χ0v) is 14.9. The summed E-state index contributed by atoms with van der Waals surface area (Å²) in [5, 5.41) is 17.6. The highest BCUT2D eigenvalue weighted by atomic mass is 16.3. The highest BCUT2D eigenvalue weighted by Gasteiger charge is 2.32. The molecule has 134 valence electrons. The molecular weight excluding hydrogens is 316 g/mol. The van der Waals surface area contributed by atoms with Crippen LogP contribution in [-0.2, 0) is 0 Å². The average molecular weight is 342 g/mol. The first-order chi connectivity index (χ1) is 12.0. The van der Waals surface area contributed by atoms with Crippen molar-refractivity contribution in [1.82, 2.24) is 20.0 Å². The lowest BCUT2D eigenvalue weighted by Crippen LogP contribution is -2.41. The Morgan fingerprint density at radius 2 is 2.00 bits per heavy atom. The summed E-state index contributed by atoms with van der Waals surface area (Å²) >= 11 is 0. The van der Waals surface area contributed by atoms with Crippen molar-refractivity contribution >= 4 is 5.91 Å². The summed E-state index contributed by atoms with van der Waals surface area (Å²) < 4.78 is 0. The molecule has 6 heteroatoms. The van der Waals surface area contributed by atoms with E-state index in [1.807, 2.05) is 54.2 Å². The SMILES string of the molecule is CN(C)CC1(O)CCCN(C(=O)c2ccc(-c3ccn[nH]3)cc2)CC1. The van der Waals surface area contributed by atoms with Gasteiger partial charge in [0, 0.05) is 31.4 Å². The Labute approximate surface area is 148 Å². The van der Waals surface area contributed by atoms with Gasteiger partial charge in [-0.3, -0.25) is 9.89 Å². The van der Waals surface area contributed by atoms with Crippen molar-refractivity contribution in [3.63, 3.8) is 0 Å². The number of aromatic nitrogens is 2. The first-order valence-corrected chi connectivity index (χ1v) is 8.73. The molecule has 2 heterocycles. The van der Waals surface area contributed by atoms with E-state index in [1.54, 1.807) is 6.20 Å². The molecular formula is C19H26N4O2. The van der Waals surface area contributed by atoms with Crippen molar-refractivity contribution in [3.05, 3.63) is 42.1 Å². The second-order valence-electron chi connectivity index (χ2n) is 7.16. The van der Waals surface area contributed by atoms with Crippen molar-refractivity contribution in [3.8, 4) is 11.3 Å². The number of carbonyl (C=O) groups excluding carboxylic acids is 1. The van der Waals surface area contributed by atoms with Crippen LogP contribution in [-0.4, -0.2) is 70.3 Å². The van der Waals surface area contributed by atoms with Gasteiger partial charge in [0.1, 0.15) is 0 Å². The molecule has 1 fully saturated rings. The molecule has 1 saturated heterocycles. The van der Waals surface area contributed by atoms with E-state index in [9.17, 15) is 9.90 Å². The number of hydrogen-bond donors (Lipinski definition) is 2. The Balaban J connectivity index is 1.67. The third-order valence-electron chi connectivity index (χ3n) is 4.76. The normalized spacial score (nSPS) is 21.4. The minimum absolute atomic E-state index is 0.0327. The second kappa shape index (κ2) is 7.37. The van der Waals surface area contributed by atoms with E-state index in [1.165, 1.54) is 0 Å². The predicted octanol–water partition coefficient (Wildman–Crippen LogP) is 2.00.